The van der Waals surface area contributed by atoms with Gasteiger partial charge in [-0.15, -0.1) is 0 Å². The van der Waals surface area contributed by atoms with Crippen LogP contribution in [0.1, 0.15) is 32.8 Å². The Morgan fingerprint density at radius 2 is 1.82 bits per heavy atom. The van der Waals surface area contributed by atoms with Crippen molar-refractivity contribution in [3.8, 4) is 34.6 Å². The minimum Gasteiger partial charge on any atom is -0.504 e. The molecule has 9 nitrogen and oxygen atoms in total. The van der Waals surface area contributed by atoms with Crippen LogP contribution in [-0.4, -0.2) is 47.9 Å². The molecule has 3 aromatic rings. The number of ketones is 1. The largest absolute Gasteiger partial charge is 0.504 e. The van der Waals surface area contributed by atoms with Gasteiger partial charge in [0.15, 0.2) is 17.3 Å². The number of hydrogen-bond donors (Lipinski definition) is 3. The number of aromatic nitrogens is 1. The summed E-state index contributed by atoms with van der Waals surface area (Å²) < 4.78 is 22.4. The fraction of sp³-hybridized carbons (Fsp3) is 0.304. The molecule has 1 unspecified atom stereocenters. The van der Waals surface area contributed by atoms with Crippen molar-refractivity contribution >= 4 is 17.1 Å². The first-order valence-corrected chi connectivity index (χ1v) is 10.9. The summed E-state index contributed by atoms with van der Waals surface area (Å²) in [7, 11) is 2.81. The maximum Gasteiger partial charge on any atom is 0.307 e. The van der Waals surface area contributed by atoms with Gasteiger partial charge in [0, 0.05) is 12.0 Å². The quantitative estimate of drug-likeness (QED) is 0.478. The zero-order valence-corrected chi connectivity index (χ0v) is 19.1. The number of aromatic amines is 1. The zero-order chi connectivity index (χ0) is 23.7. The summed E-state index contributed by atoms with van der Waals surface area (Å²) in [5.41, 5.74) is 1.56. The second-order valence-corrected chi connectivity index (χ2v) is 8.60. The van der Waals surface area contributed by atoms with Gasteiger partial charge in [-0.25, -0.2) is 0 Å². The lowest BCUT2D eigenvalue weighted by atomic mass is 9.95. The van der Waals surface area contributed by atoms with Crippen LogP contribution in [0.5, 0.6) is 34.6 Å². The van der Waals surface area contributed by atoms with Crippen LogP contribution in [0, 0.1) is 6.92 Å². The number of rotatable bonds is 7. The van der Waals surface area contributed by atoms with Crippen LogP contribution in [0.4, 0.5) is 0 Å². The van der Waals surface area contributed by atoms with E-state index in [9.17, 15) is 19.8 Å². The molecule has 2 aromatic carbocycles. The number of phenolic OH excluding ortho intramolecular Hbond substituents is 1. The number of carbonyl (C=O) groups excluding carboxylic acids is 1. The van der Waals surface area contributed by atoms with Crippen molar-refractivity contribution in [2.24, 2.45) is 0 Å². The highest BCUT2D eigenvalue weighted by Crippen LogP contribution is 2.51. The number of benzene rings is 2. The van der Waals surface area contributed by atoms with E-state index in [2.05, 4.69) is 4.98 Å². The molecule has 1 atom stereocenters. The van der Waals surface area contributed by atoms with Gasteiger partial charge in [0.2, 0.25) is 17.4 Å². The minimum atomic E-state index is -0.554. The molecule has 0 spiro atoms. The van der Waals surface area contributed by atoms with E-state index in [4.69, 9.17) is 18.9 Å². The second-order valence-electron chi connectivity index (χ2n) is 7.53. The third-order valence-corrected chi connectivity index (χ3v) is 6.27. The predicted molar refractivity (Wildman–Crippen MR) is 121 cm³/mol. The molecule has 0 fully saturated rings. The Morgan fingerprint density at radius 1 is 1.12 bits per heavy atom. The van der Waals surface area contributed by atoms with E-state index >= 15 is 0 Å². The predicted octanol–water partition coefficient (Wildman–Crippen LogP) is 3.18. The lowest BCUT2D eigenvalue weighted by molar-refractivity contribution is 0.0726. The van der Waals surface area contributed by atoms with E-state index in [1.54, 1.807) is 19.1 Å². The highest BCUT2D eigenvalue weighted by Gasteiger charge is 2.35. The number of aromatic hydroxyl groups is 2. The van der Waals surface area contributed by atoms with Gasteiger partial charge in [-0.2, -0.15) is 0 Å². The maximum absolute atomic E-state index is 12.8. The highest BCUT2D eigenvalue weighted by molar-refractivity contribution is 7.09. The zero-order valence-electron chi connectivity index (χ0n) is 18.3. The Kier molecular flexibility index (Phi) is 6.19. The van der Waals surface area contributed by atoms with Crippen LogP contribution in [0.25, 0.3) is 0 Å². The standard InChI is InChI=1S/C23H23NO8S/c1-11-17-15(25)9-14(32-19(17)21(30-3)20(29-2)18(11)26)10-31-13-6-4-12(5-7-13)8-16-22(27)24-23(28)33-16/h4-7,14,26-27H,8-10H2,1-3H3,(H,24,28). The van der Waals surface area contributed by atoms with Crippen molar-refractivity contribution < 1.29 is 34.0 Å². The van der Waals surface area contributed by atoms with Crippen LogP contribution in [0.15, 0.2) is 29.1 Å². The van der Waals surface area contributed by atoms with Crippen molar-refractivity contribution in [2.75, 3.05) is 20.8 Å². The monoisotopic (exact) mass is 473 g/mol. The number of ether oxygens (including phenoxy) is 4. The molecule has 1 aliphatic heterocycles. The van der Waals surface area contributed by atoms with Crippen LogP contribution >= 0.6 is 11.3 Å². The molecule has 1 aromatic heterocycles. The molecule has 3 N–H and O–H groups in total. The second kappa shape index (κ2) is 9.07. The molecule has 1 aliphatic rings. The van der Waals surface area contributed by atoms with Gasteiger partial charge in [0.1, 0.15) is 18.5 Å². The van der Waals surface area contributed by atoms with E-state index in [1.165, 1.54) is 14.2 Å². The van der Waals surface area contributed by atoms with Gasteiger partial charge in [-0.3, -0.25) is 14.6 Å². The molecule has 4 rings (SSSR count). The fourth-order valence-electron chi connectivity index (χ4n) is 3.77. The van der Waals surface area contributed by atoms with Crippen molar-refractivity contribution in [2.45, 2.75) is 25.9 Å². The Hall–Kier alpha value is -3.66. The van der Waals surface area contributed by atoms with Crippen LogP contribution in [0.2, 0.25) is 0 Å². The molecule has 2 heterocycles. The Bertz CT molecular complexity index is 1240. The Balaban J connectivity index is 1.46. The molecular formula is C23H23NO8S. The van der Waals surface area contributed by atoms with Crippen molar-refractivity contribution in [3.63, 3.8) is 0 Å². The van der Waals surface area contributed by atoms with Gasteiger partial charge in [-0.05, 0) is 24.6 Å². The molecule has 33 heavy (non-hydrogen) atoms. The molecule has 10 heteroatoms. The SMILES string of the molecule is COc1c(O)c(C)c2c(c1OC)OC(COc1ccc(Cc3sc(=O)[nH]c3O)cc1)CC2=O. The van der Waals surface area contributed by atoms with Crippen LogP contribution in [0.3, 0.4) is 0 Å². The number of hydrogen-bond acceptors (Lipinski definition) is 9. The minimum absolute atomic E-state index is 0.0898. The van der Waals surface area contributed by atoms with Gasteiger partial charge < -0.3 is 29.2 Å². The molecule has 0 saturated heterocycles. The van der Waals surface area contributed by atoms with Crippen LogP contribution < -0.4 is 23.8 Å². The van der Waals surface area contributed by atoms with Crippen molar-refractivity contribution in [1.29, 1.82) is 0 Å². The lowest BCUT2D eigenvalue weighted by Crippen LogP contribution is -2.33. The summed E-state index contributed by atoms with van der Waals surface area (Å²) in [5.74, 6) is 0.638. The van der Waals surface area contributed by atoms with Gasteiger partial charge in [0.25, 0.3) is 0 Å². The van der Waals surface area contributed by atoms with E-state index in [0.29, 0.717) is 22.6 Å². The first kappa shape index (κ1) is 22.5. The molecule has 0 aliphatic carbocycles. The average Bonchev–Trinajstić information content (AvgIpc) is 3.11. The number of Topliss-reactive ketones (excluding diaryl/α,β-unsaturated/α-hetero) is 1. The Labute approximate surface area is 193 Å². The van der Waals surface area contributed by atoms with Crippen molar-refractivity contribution in [3.05, 3.63) is 55.5 Å². The topological polar surface area (TPSA) is 127 Å². The number of H-pyrrole nitrogens is 1. The molecule has 0 amide bonds. The summed E-state index contributed by atoms with van der Waals surface area (Å²) in [5, 5.41) is 20.1. The van der Waals surface area contributed by atoms with E-state index in [0.717, 1.165) is 16.9 Å². The summed E-state index contributed by atoms with van der Waals surface area (Å²) in [6, 6.07) is 7.21. The fourth-order valence-corrected chi connectivity index (χ4v) is 4.52. The third-order valence-electron chi connectivity index (χ3n) is 5.39. The van der Waals surface area contributed by atoms with Crippen molar-refractivity contribution in [1.82, 2.24) is 4.98 Å². The van der Waals surface area contributed by atoms with Crippen LogP contribution in [-0.2, 0) is 6.42 Å². The highest BCUT2D eigenvalue weighted by atomic mass is 32.1. The summed E-state index contributed by atoms with van der Waals surface area (Å²) in [4.78, 5) is 26.7. The third kappa shape index (κ3) is 4.34. The average molecular weight is 474 g/mol. The van der Waals surface area contributed by atoms with E-state index < -0.39 is 6.10 Å². The number of phenols is 1. The molecular weight excluding hydrogens is 450 g/mol. The number of thiazole rings is 1. The normalized spacial score (nSPS) is 15.0. The molecule has 0 bridgehead atoms. The molecule has 174 valence electrons. The molecule has 0 radical (unpaired) electrons. The maximum atomic E-state index is 12.8. The molecule has 0 saturated carbocycles. The first-order chi connectivity index (χ1) is 15.8. The summed E-state index contributed by atoms with van der Waals surface area (Å²) in [6.45, 7) is 1.75. The number of carbonyl (C=O) groups is 1. The van der Waals surface area contributed by atoms with E-state index in [-0.39, 0.29) is 58.1 Å². The summed E-state index contributed by atoms with van der Waals surface area (Å²) >= 11 is 0.969. The Morgan fingerprint density at radius 3 is 2.42 bits per heavy atom. The summed E-state index contributed by atoms with van der Waals surface area (Å²) in [6.07, 6.45) is -0.0475. The lowest BCUT2D eigenvalue weighted by Gasteiger charge is -2.29. The first-order valence-electron chi connectivity index (χ1n) is 10.1. The van der Waals surface area contributed by atoms with E-state index in [1.807, 2.05) is 12.1 Å². The van der Waals surface area contributed by atoms with Gasteiger partial charge in [0.05, 0.1) is 31.1 Å². The van der Waals surface area contributed by atoms with Gasteiger partial charge >= 0.3 is 4.87 Å². The smallest absolute Gasteiger partial charge is 0.307 e. The number of fused-ring (bicyclic) bond motifs is 1. The van der Waals surface area contributed by atoms with Gasteiger partial charge in [-0.1, -0.05) is 23.5 Å². The number of nitrogens with one attached hydrogen (secondary N) is 1. The number of methoxy groups -OCH3 is 2.